The van der Waals surface area contributed by atoms with Crippen LogP contribution in [0.25, 0.3) is 0 Å². The van der Waals surface area contributed by atoms with E-state index in [1.165, 1.54) is 0 Å². The molecule has 3 heteroatoms. The molecule has 13 heavy (non-hydrogen) atoms. The van der Waals surface area contributed by atoms with Crippen LogP contribution in [0.4, 0.5) is 4.39 Å². The van der Waals surface area contributed by atoms with Gasteiger partial charge in [0.15, 0.2) is 0 Å². The number of nitrogens with one attached hydrogen (secondary N) is 1. The first kappa shape index (κ1) is 8.91. The lowest BCUT2D eigenvalue weighted by Gasteiger charge is -2.34. The first-order chi connectivity index (χ1) is 6.38. The van der Waals surface area contributed by atoms with Crippen LogP contribution in [0.5, 0.6) is 0 Å². The maximum atomic E-state index is 13.4. The summed E-state index contributed by atoms with van der Waals surface area (Å²) in [4.78, 5) is 2.20. The first-order valence-corrected chi connectivity index (χ1v) is 4.82. The Morgan fingerprint density at radius 3 is 2.54 bits per heavy atom. The van der Waals surface area contributed by atoms with Gasteiger partial charge in [0.2, 0.25) is 0 Å². The van der Waals surface area contributed by atoms with Gasteiger partial charge in [-0.15, -0.1) is 0 Å². The van der Waals surface area contributed by atoms with Crippen molar-refractivity contribution in [1.82, 2.24) is 10.2 Å². The van der Waals surface area contributed by atoms with Crippen LogP contribution >= 0.6 is 0 Å². The van der Waals surface area contributed by atoms with Crippen molar-refractivity contribution in [1.29, 1.82) is 0 Å². The predicted molar refractivity (Wildman–Crippen MR) is 51.4 cm³/mol. The maximum Gasteiger partial charge on any atom is 0.138 e. The molecular weight excluding hydrogens is 167 g/mol. The highest BCUT2D eigenvalue weighted by atomic mass is 19.1. The second-order valence-corrected chi connectivity index (χ2v) is 3.49. The van der Waals surface area contributed by atoms with Crippen molar-refractivity contribution in [2.24, 2.45) is 0 Å². The first-order valence-electron chi connectivity index (χ1n) is 4.82. The van der Waals surface area contributed by atoms with Gasteiger partial charge in [-0.25, -0.2) is 4.39 Å². The molecule has 0 aromatic rings. The molecule has 2 nitrogen and oxygen atoms in total. The topological polar surface area (TPSA) is 15.3 Å². The summed E-state index contributed by atoms with van der Waals surface area (Å²) in [5, 5.41) is 3.26. The fourth-order valence-electron chi connectivity index (χ4n) is 1.87. The summed E-state index contributed by atoms with van der Waals surface area (Å²) in [5.41, 5.74) is 0. The summed E-state index contributed by atoms with van der Waals surface area (Å²) < 4.78 is 13.4. The summed E-state index contributed by atoms with van der Waals surface area (Å²) in [5.74, 6) is 0. The van der Waals surface area contributed by atoms with Crippen LogP contribution in [0.1, 0.15) is 0 Å². The van der Waals surface area contributed by atoms with E-state index in [9.17, 15) is 4.39 Å². The molecule has 1 aliphatic carbocycles. The van der Waals surface area contributed by atoms with E-state index in [0.29, 0.717) is 0 Å². The van der Waals surface area contributed by atoms with Crippen LogP contribution in [0.15, 0.2) is 24.3 Å². The minimum atomic E-state index is -0.830. The summed E-state index contributed by atoms with van der Waals surface area (Å²) >= 11 is 0. The van der Waals surface area contributed by atoms with Crippen molar-refractivity contribution in [2.75, 3.05) is 26.2 Å². The Morgan fingerprint density at radius 1 is 1.15 bits per heavy atom. The van der Waals surface area contributed by atoms with Crippen molar-refractivity contribution in [3.05, 3.63) is 24.3 Å². The molecule has 0 aromatic carbocycles. The summed E-state index contributed by atoms with van der Waals surface area (Å²) in [6, 6.07) is -0.0351. The van der Waals surface area contributed by atoms with Gasteiger partial charge in [0.05, 0.1) is 6.04 Å². The molecule has 0 amide bonds. The maximum absolute atomic E-state index is 13.4. The highest BCUT2D eigenvalue weighted by Gasteiger charge is 2.25. The highest BCUT2D eigenvalue weighted by Crippen LogP contribution is 2.15. The number of alkyl halides is 1. The van der Waals surface area contributed by atoms with Gasteiger partial charge in [0.1, 0.15) is 6.17 Å². The number of nitrogens with zero attached hydrogens (tertiary/aromatic N) is 1. The average molecular weight is 182 g/mol. The van der Waals surface area contributed by atoms with E-state index in [1.54, 1.807) is 12.2 Å². The number of hydrogen-bond acceptors (Lipinski definition) is 2. The molecule has 2 rings (SSSR count). The zero-order chi connectivity index (χ0) is 9.10. The monoisotopic (exact) mass is 182 g/mol. The molecular formula is C10H15FN2. The molecule has 2 atom stereocenters. The van der Waals surface area contributed by atoms with E-state index < -0.39 is 6.17 Å². The zero-order valence-corrected chi connectivity index (χ0v) is 7.62. The van der Waals surface area contributed by atoms with Gasteiger partial charge in [0, 0.05) is 26.2 Å². The van der Waals surface area contributed by atoms with Crippen molar-refractivity contribution < 1.29 is 4.39 Å². The number of allylic oxidation sites excluding steroid dienone is 2. The van der Waals surface area contributed by atoms with Gasteiger partial charge in [-0.2, -0.15) is 0 Å². The van der Waals surface area contributed by atoms with Gasteiger partial charge in [-0.05, 0) is 6.08 Å². The molecule has 72 valence electrons. The molecule has 0 spiro atoms. The number of rotatable bonds is 1. The quantitative estimate of drug-likeness (QED) is 0.643. The van der Waals surface area contributed by atoms with Gasteiger partial charge >= 0.3 is 0 Å². The SMILES string of the molecule is FC1C=CC=CC1N1CCNCC1. The smallest absolute Gasteiger partial charge is 0.138 e. The van der Waals surface area contributed by atoms with Crippen molar-refractivity contribution in [2.45, 2.75) is 12.2 Å². The van der Waals surface area contributed by atoms with Gasteiger partial charge < -0.3 is 5.32 Å². The third-order valence-electron chi connectivity index (χ3n) is 2.61. The number of halogens is 1. The summed E-state index contributed by atoms with van der Waals surface area (Å²) in [6.07, 6.45) is 6.47. The van der Waals surface area contributed by atoms with E-state index in [2.05, 4.69) is 10.2 Å². The van der Waals surface area contributed by atoms with Crippen molar-refractivity contribution in [3.63, 3.8) is 0 Å². The van der Waals surface area contributed by atoms with E-state index in [-0.39, 0.29) is 6.04 Å². The average Bonchev–Trinajstić information content (AvgIpc) is 2.20. The lowest BCUT2D eigenvalue weighted by atomic mass is 10.0. The number of piperazine rings is 1. The molecule has 2 aliphatic rings. The molecule has 0 bridgehead atoms. The summed E-state index contributed by atoms with van der Waals surface area (Å²) in [6.45, 7) is 3.84. The van der Waals surface area contributed by atoms with E-state index in [1.807, 2.05) is 12.2 Å². The van der Waals surface area contributed by atoms with Gasteiger partial charge in [-0.1, -0.05) is 18.2 Å². The molecule has 1 N–H and O–H groups in total. The van der Waals surface area contributed by atoms with Crippen LogP contribution < -0.4 is 5.32 Å². The fraction of sp³-hybridized carbons (Fsp3) is 0.600. The Hall–Kier alpha value is -0.670. The molecule has 0 aromatic heterocycles. The standard InChI is InChI=1S/C10H15FN2/c11-9-3-1-2-4-10(9)13-7-5-12-6-8-13/h1-4,9-10,12H,5-8H2. The Bertz CT molecular complexity index is 219. The Morgan fingerprint density at radius 2 is 1.85 bits per heavy atom. The normalized spacial score (nSPS) is 35.2. The minimum absolute atomic E-state index is 0.0351. The third kappa shape index (κ3) is 1.98. The van der Waals surface area contributed by atoms with Crippen molar-refractivity contribution in [3.8, 4) is 0 Å². The number of hydrogen-bond donors (Lipinski definition) is 1. The highest BCUT2D eigenvalue weighted by molar-refractivity contribution is 5.18. The lowest BCUT2D eigenvalue weighted by molar-refractivity contribution is 0.147. The van der Waals surface area contributed by atoms with Gasteiger partial charge in [-0.3, -0.25) is 4.90 Å². The molecule has 1 fully saturated rings. The Labute approximate surface area is 78.1 Å². The summed E-state index contributed by atoms with van der Waals surface area (Å²) in [7, 11) is 0. The van der Waals surface area contributed by atoms with E-state index >= 15 is 0 Å². The Kier molecular flexibility index (Phi) is 2.76. The van der Waals surface area contributed by atoms with Crippen LogP contribution in [0.2, 0.25) is 0 Å². The fourth-order valence-corrected chi connectivity index (χ4v) is 1.87. The van der Waals surface area contributed by atoms with Crippen LogP contribution in [-0.4, -0.2) is 43.3 Å². The second kappa shape index (κ2) is 4.03. The van der Waals surface area contributed by atoms with E-state index in [0.717, 1.165) is 26.2 Å². The largest absolute Gasteiger partial charge is 0.314 e. The molecule has 2 unspecified atom stereocenters. The predicted octanol–water partition coefficient (Wildman–Crippen LogP) is 0.724. The molecule has 0 saturated carbocycles. The lowest BCUT2D eigenvalue weighted by Crippen LogP contribution is -2.50. The van der Waals surface area contributed by atoms with Crippen LogP contribution in [-0.2, 0) is 0 Å². The van der Waals surface area contributed by atoms with Crippen molar-refractivity contribution >= 4 is 0 Å². The molecule has 1 saturated heterocycles. The molecule has 0 radical (unpaired) electrons. The van der Waals surface area contributed by atoms with Crippen LogP contribution in [0, 0.1) is 0 Å². The molecule has 1 aliphatic heterocycles. The zero-order valence-electron chi connectivity index (χ0n) is 7.62. The van der Waals surface area contributed by atoms with Gasteiger partial charge in [0.25, 0.3) is 0 Å². The minimum Gasteiger partial charge on any atom is -0.314 e. The second-order valence-electron chi connectivity index (χ2n) is 3.49. The molecule has 1 heterocycles. The third-order valence-corrected chi connectivity index (χ3v) is 2.61. The van der Waals surface area contributed by atoms with Crippen LogP contribution in [0.3, 0.4) is 0 Å². The Balaban J connectivity index is 1.98. The van der Waals surface area contributed by atoms with E-state index in [4.69, 9.17) is 0 Å².